The molecule has 0 amide bonds. The third-order valence-electron chi connectivity index (χ3n) is 8.91. The lowest BCUT2D eigenvalue weighted by Crippen LogP contribution is -2.01. The summed E-state index contributed by atoms with van der Waals surface area (Å²) in [5, 5.41) is 4.47. The first-order chi connectivity index (χ1) is 22.8. The average molecular weight is 595 g/mol. The van der Waals surface area contributed by atoms with Gasteiger partial charge < -0.3 is 4.57 Å². The maximum atomic E-state index is 16.5. The number of benzene rings is 5. The number of rotatable bonds is 5. The molecule has 0 saturated carbocycles. The first kappa shape index (κ1) is 26.3. The number of para-hydroxylation sites is 2. The topological polar surface area (TPSA) is 35.6 Å². The van der Waals surface area contributed by atoms with Crippen LogP contribution in [0.3, 0.4) is 0 Å². The summed E-state index contributed by atoms with van der Waals surface area (Å²) in [6, 6.07) is 48.7. The number of hydrogen-bond donors (Lipinski definition) is 0. The normalized spacial score (nSPS) is 12.4. The van der Waals surface area contributed by atoms with Gasteiger partial charge in [0.2, 0.25) is 0 Å². The Morgan fingerprint density at radius 2 is 1.15 bits per heavy atom. The third-order valence-corrected chi connectivity index (χ3v) is 8.91. The number of nitrogens with zero attached hydrogens (tertiary/aromatic N) is 4. The minimum absolute atomic E-state index is 0.588. The van der Waals surface area contributed by atoms with Gasteiger partial charge in [0.05, 0.1) is 27.8 Å². The largest absolute Gasteiger partial charge is 0.307 e. The van der Waals surface area contributed by atoms with Gasteiger partial charge in [-0.2, -0.15) is 0 Å². The molecule has 1 atom stereocenters. The van der Waals surface area contributed by atoms with Crippen LogP contribution in [0.2, 0.25) is 0 Å². The molecule has 0 aliphatic heterocycles. The molecule has 218 valence electrons. The van der Waals surface area contributed by atoms with Gasteiger partial charge in [-0.1, -0.05) is 91.0 Å². The highest BCUT2D eigenvalue weighted by Crippen LogP contribution is 2.42. The van der Waals surface area contributed by atoms with Gasteiger partial charge in [-0.15, -0.1) is 0 Å². The Kier molecular flexibility index (Phi) is 6.03. The minimum atomic E-state index is -1.32. The predicted octanol–water partition coefficient (Wildman–Crippen LogP) is 10.4. The van der Waals surface area contributed by atoms with Gasteiger partial charge in [-0.3, -0.25) is 9.55 Å². The lowest BCUT2D eigenvalue weighted by atomic mass is 9.98. The van der Waals surface area contributed by atoms with Crippen LogP contribution in [0.4, 0.5) is 4.39 Å². The highest BCUT2D eigenvalue weighted by Gasteiger charge is 2.23. The zero-order valence-electron chi connectivity index (χ0n) is 24.8. The van der Waals surface area contributed by atoms with Gasteiger partial charge in [0.25, 0.3) is 0 Å². The quantitative estimate of drug-likeness (QED) is 0.199. The molecule has 0 N–H and O–H groups in total. The molecule has 1 unspecified atom stereocenters. The Labute approximate surface area is 264 Å². The second-order valence-electron chi connectivity index (χ2n) is 11.5. The summed E-state index contributed by atoms with van der Waals surface area (Å²) in [5.74, 6) is 0.782. The number of pyridine rings is 2. The summed E-state index contributed by atoms with van der Waals surface area (Å²) in [6.45, 7) is 0. The first-order valence-electron chi connectivity index (χ1n) is 15.4. The fourth-order valence-electron chi connectivity index (χ4n) is 6.87. The van der Waals surface area contributed by atoms with E-state index in [1.54, 1.807) is 6.20 Å². The summed E-state index contributed by atoms with van der Waals surface area (Å²) in [5.41, 5.74) is 8.14. The highest BCUT2D eigenvalue weighted by atomic mass is 19.1. The van der Waals surface area contributed by atoms with E-state index in [9.17, 15) is 0 Å². The van der Waals surface area contributed by atoms with E-state index in [1.807, 2.05) is 85.1 Å². The van der Waals surface area contributed by atoms with Crippen molar-refractivity contribution in [1.82, 2.24) is 19.1 Å². The molecule has 4 nitrogen and oxygen atoms in total. The maximum Gasteiger partial charge on any atom is 0.150 e. The summed E-state index contributed by atoms with van der Waals surface area (Å²) in [7, 11) is 0. The van der Waals surface area contributed by atoms with Crippen molar-refractivity contribution in [2.24, 2.45) is 0 Å². The SMILES string of the molecule is FC(c1cccc(-c2ccccn2)c1)c1ccc2c3ccc4c5ccccc5n(-c5ccccc5)c4c3n(-c3ccccn3)c2c1. The van der Waals surface area contributed by atoms with Crippen LogP contribution in [-0.2, 0) is 0 Å². The van der Waals surface area contributed by atoms with Crippen molar-refractivity contribution in [2.75, 3.05) is 0 Å². The Morgan fingerprint density at radius 3 is 1.93 bits per heavy atom. The number of aromatic nitrogens is 4. The van der Waals surface area contributed by atoms with Crippen LogP contribution >= 0.6 is 0 Å². The summed E-state index contributed by atoms with van der Waals surface area (Å²) < 4.78 is 21.1. The molecular formula is C41H27FN4. The Bertz CT molecular complexity index is 2530. The van der Waals surface area contributed by atoms with Crippen molar-refractivity contribution in [3.8, 4) is 22.8 Å². The maximum absolute atomic E-state index is 16.5. The molecule has 9 aromatic rings. The monoisotopic (exact) mass is 594 g/mol. The molecule has 5 aromatic carbocycles. The smallest absolute Gasteiger partial charge is 0.150 e. The van der Waals surface area contributed by atoms with Gasteiger partial charge in [-0.25, -0.2) is 9.37 Å². The lowest BCUT2D eigenvalue weighted by molar-refractivity contribution is 0.402. The molecule has 4 heterocycles. The second kappa shape index (κ2) is 10.5. The second-order valence-corrected chi connectivity index (χ2v) is 11.5. The molecule has 0 radical (unpaired) electrons. The molecule has 0 spiro atoms. The van der Waals surface area contributed by atoms with E-state index in [4.69, 9.17) is 4.98 Å². The van der Waals surface area contributed by atoms with Crippen LogP contribution in [0, 0.1) is 0 Å². The summed E-state index contributed by atoms with van der Waals surface area (Å²) in [6.07, 6.45) is 2.25. The Hall–Kier alpha value is -6.07. The van der Waals surface area contributed by atoms with E-state index in [0.29, 0.717) is 11.1 Å². The first-order valence-corrected chi connectivity index (χ1v) is 15.4. The fraction of sp³-hybridized carbons (Fsp3) is 0.0244. The summed E-state index contributed by atoms with van der Waals surface area (Å²) in [4.78, 5) is 9.28. The van der Waals surface area contributed by atoms with Gasteiger partial charge in [0, 0.05) is 45.2 Å². The predicted molar refractivity (Wildman–Crippen MR) is 186 cm³/mol. The standard InChI is InChI=1S/C41H27FN4/c42-39(28-12-10-11-27(25-28)35-16-6-8-23-43-35)29-19-20-32-34-22-21-33-31-15-4-5-17-36(31)45(30-13-2-1-3-14-30)40(33)41(34)46(37(32)26-29)38-18-7-9-24-44-38/h1-26,39H. The van der Waals surface area contributed by atoms with E-state index in [2.05, 4.69) is 80.8 Å². The van der Waals surface area contributed by atoms with Crippen molar-refractivity contribution in [1.29, 1.82) is 0 Å². The molecule has 46 heavy (non-hydrogen) atoms. The van der Waals surface area contributed by atoms with Crippen LogP contribution in [0.1, 0.15) is 17.3 Å². The van der Waals surface area contributed by atoms with E-state index in [-0.39, 0.29) is 0 Å². The van der Waals surface area contributed by atoms with Crippen molar-refractivity contribution in [2.45, 2.75) is 6.17 Å². The number of alkyl halides is 1. The molecule has 0 bridgehead atoms. The summed E-state index contributed by atoms with van der Waals surface area (Å²) >= 11 is 0. The van der Waals surface area contributed by atoms with E-state index in [0.717, 1.165) is 61.0 Å². The number of fused-ring (bicyclic) bond motifs is 7. The fourth-order valence-corrected chi connectivity index (χ4v) is 6.87. The number of halogens is 1. The molecule has 5 heteroatoms. The molecule has 0 saturated heterocycles. The Balaban J connectivity index is 1.34. The van der Waals surface area contributed by atoms with Crippen LogP contribution in [-0.4, -0.2) is 19.1 Å². The van der Waals surface area contributed by atoms with Gasteiger partial charge in [0.1, 0.15) is 5.82 Å². The molecular weight excluding hydrogens is 567 g/mol. The van der Waals surface area contributed by atoms with Crippen LogP contribution in [0.25, 0.3) is 66.4 Å². The van der Waals surface area contributed by atoms with Gasteiger partial charge >= 0.3 is 0 Å². The average Bonchev–Trinajstić information content (AvgIpc) is 3.65. The zero-order valence-corrected chi connectivity index (χ0v) is 24.8. The van der Waals surface area contributed by atoms with Gasteiger partial charge in [-0.05, 0) is 65.7 Å². The highest BCUT2D eigenvalue weighted by molar-refractivity contribution is 6.23. The molecule has 0 fully saturated rings. The molecule has 9 rings (SSSR count). The van der Waals surface area contributed by atoms with Crippen molar-refractivity contribution >= 4 is 43.6 Å². The lowest BCUT2D eigenvalue weighted by Gasteiger charge is -2.13. The van der Waals surface area contributed by atoms with Crippen molar-refractivity contribution in [3.05, 3.63) is 169 Å². The van der Waals surface area contributed by atoms with E-state index in [1.165, 1.54) is 5.39 Å². The molecule has 0 aliphatic rings. The van der Waals surface area contributed by atoms with Gasteiger partial charge in [0.15, 0.2) is 6.17 Å². The molecule has 4 aromatic heterocycles. The van der Waals surface area contributed by atoms with Crippen LogP contribution in [0.15, 0.2) is 158 Å². The van der Waals surface area contributed by atoms with Crippen molar-refractivity contribution in [3.63, 3.8) is 0 Å². The zero-order chi connectivity index (χ0) is 30.6. The third kappa shape index (κ3) is 4.06. The Morgan fingerprint density at radius 1 is 0.478 bits per heavy atom. The van der Waals surface area contributed by atoms with E-state index >= 15 is 4.39 Å². The number of hydrogen-bond acceptors (Lipinski definition) is 2. The minimum Gasteiger partial charge on any atom is -0.307 e. The molecule has 0 aliphatic carbocycles. The van der Waals surface area contributed by atoms with Crippen molar-refractivity contribution < 1.29 is 4.39 Å². The van der Waals surface area contributed by atoms with E-state index < -0.39 is 6.17 Å². The van der Waals surface area contributed by atoms with Crippen LogP contribution < -0.4 is 0 Å². The van der Waals surface area contributed by atoms with Crippen LogP contribution in [0.5, 0.6) is 0 Å².